The van der Waals surface area contributed by atoms with Crippen LogP contribution < -0.4 is 10.5 Å². The van der Waals surface area contributed by atoms with E-state index in [2.05, 4.69) is 0 Å². The van der Waals surface area contributed by atoms with Gasteiger partial charge in [0.2, 0.25) is 0 Å². The first-order valence-corrected chi connectivity index (χ1v) is 3.91. The van der Waals surface area contributed by atoms with E-state index < -0.39 is 0 Å². The van der Waals surface area contributed by atoms with Crippen LogP contribution in [0.5, 0.6) is 5.75 Å². The van der Waals surface area contributed by atoms with Crippen LogP contribution in [-0.2, 0) is 0 Å². The molecule has 0 aliphatic carbocycles. The SMILES string of the molecule is CC1Oc2c(F)cccc2C1N.Cl. The fourth-order valence-corrected chi connectivity index (χ4v) is 1.42. The molecule has 1 aliphatic rings. The first-order valence-electron chi connectivity index (χ1n) is 3.91. The van der Waals surface area contributed by atoms with Gasteiger partial charge >= 0.3 is 0 Å². The molecule has 13 heavy (non-hydrogen) atoms. The van der Waals surface area contributed by atoms with Crippen LogP contribution in [0.1, 0.15) is 18.5 Å². The summed E-state index contributed by atoms with van der Waals surface area (Å²) in [7, 11) is 0. The molecule has 0 aromatic heterocycles. The Morgan fingerprint density at radius 1 is 1.46 bits per heavy atom. The highest BCUT2D eigenvalue weighted by Gasteiger charge is 2.29. The zero-order valence-corrected chi connectivity index (χ0v) is 7.98. The highest BCUT2D eigenvalue weighted by Crippen LogP contribution is 2.36. The van der Waals surface area contributed by atoms with Gasteiger partial charge in [0.05, 0.1) is 6.04 Å². The summed E-state index contributed by atoms with van der Waals surface area (Å²) in [5.41, 5.74) is 6.53. The van der Waals surface area contributed by atoms with Crippen LogP contribution >= 0.6 is 12.4 Å². The maximum Gasteiger partial charge on any atom is 0.165 e. The van der Waals surface area contributed by atoms with E-state index in [1.54, 1.807) is 12.1 Å². The second-order valence-corrected chi connectivity index (χ2v) is 3.01. The first-order chi connectivity index (χ1) is 5.70. The van der Waals surface area contributed by atoms with Crippen molar-refractivity contribution in [3.63, 3.8) is 0 Å². The summed E-state index contributed by atoms with van der Waals surface area (Å²) >= 11 is 0. The minimum Gasteiger partial charge on any atom is -0.485 e. The average Bonchev–Trinajstić information content (AvgIpc) is 2.32. The second-order valence-electron chi connectivity index (χ2n) is 3.01. The molecule has 0 spiro atoms. The highest BCUT2D eigenvalue weighted by atomic mass is 35.5. The highest BCUT2D eigenvalue weighted by molar-refractivity contribution is 5.85. The van der Waals surface area contributed by atoms with Gasteiger partial charge in [0.1, 0.15) is 6.10 Å². The molecule has 0 bridgehead atoms. The lowest BCUT2D eigenvalue weighted by Gasteiger charge is -2.07. The van der Waals surface area contributed by atoms with Gasteiger partial charge in [0.25, 0.3) is 0 Å². The van der Waals surface area contributed by atoms with E-state index in [1.165, 1.54) is 6.07 Å². The smallest absolute Gasteiger partial charge is 0.165 e. The summed E-state index contributed by atoms with van der Waals surface area (Å²) in [6.45, 7) is 1.84. The van der Waals surface area contributed by atoms with Crippen LogP contribution in [0.15, 0.2) is 18.2 Å². The monoisotopic (exact) mass is 203 g/mol. The molecule has 0 fully saturated rings. The van der Waals surface area contributed by atoms with Gasteiger partial charge in [-0.05, 0) is 13.0 Å². The Morgan fingerprint density at radius 3 is 2.77 bits per heavy atom. The van der Waals surface area contributed by atoms with Gasteiger partial charge in [-0.1, -0.05) is 12.1 Å². The number of hydrogen-bond acceptors (Lipinski definition) is 2. The summed E-state index contributed by atoms with van der Waals surface area (Å²) in [6, 6.07) is 4.63. The molecule has 2 atom stereocenters. The van der Waals surface area contributed by atoms with Crippen molar-refractivity contribution < 1.29 is 9.13 Å². The van der Waals surface area contributed by atoms with Crippen LogP contribution in [0.4, 0.5) is 4.39 Å². The summed E-state index contributed by atoms with van der Waals surface area (Å²) in [6.07, 6.45) is -0.128. The second kappa shape index (κ2) is 3.52. The zero-order valence-electron chi connectivity index (χ0n) is 7.16. The molecule has 1 aliphatic heterocycles. The molecule has 2 rings (SSSR count). The molecule has 1 aromatic rings. The van der Waals surface area contributed by atoms with E-state index in [1.807, 2.05) is 6.92 Å². The minimum absolute atomic E-state index is 0. The third-order valence-electron chi connectivity index (χ3n) is 2.17. The number of fused-ring (bicyclic) bond motifs is 1. The van der Waals surface area contributed by atoms with Gasteiger partial charge in [-0.15, -0.1) is 12.4 Å². The van der Waals surface area contributed by atoms with Crippen molar-refractivity contribution >= 4 is 12.4 Å². The number of rotatable bonds is 0. The van der Waals surface area contributed by atoms with E-state index >= 15 is 0 Å². The van der Waals surface area contributed by atoms with Gasteiger partial charge in [-0.25, -0.2) is 4.39 Å². The molecule has 1 heterocycles. The zero-order chi connectivity index (χ0) is 8.72. The molecule has 1 aromatic carbocycles. The van der Waals surface area contributed by atoms with E-state index in [-0.39, 0.29) is 30.4 Å². The summed E-state index contributed by atoms with van der Waals surface area (Å²) < 4.78 is 18.3. The summed E-state index contributed by atoms with van der Waals surface area (Å²) in [5, 5.41) is 0. The lowest BCUT2D eigenvalue weighted by Crippen LogP contribution is -2.21. The number of halogens is 2. The van der Waals surface area contributed by atoms with Crippen molar-refractivity contribution in [1.82, 2.24) is 0 Å². The largest absolute Gasteiger partial charge is 0.485 e. The molecular formula is C9H11ClFNO. The standard InChI is InChI=1S/C9H10FNO.ClH/c1-5-8(11)6-3-2-4-7(10)9(6)12-5;/h2-5,8H,11H2,1H3;1H. The Morgan fingerprint density at radius 2 is 2.15 bits per heavy atom. The van der Waals surface area contributed by atoms with E-state index in [4.69, 9.17) is 10.5 Å². The van der Waals surface area contributed by atoms with Crippen molar-refractivity contribution in [2.24, 2.45) is 5.73 Å². The number of ether oxygens (including phenoxy) is 1. The topological polar surface area (TPSA) is 35.2 Å². The Hall–Kier alpha value is -0.800. The maximum atomic E-state index is 13.1. The van der Waals surface area contributed by atoms with Gasteiger partial charge < -0.3 is 10.5 Å². The van der Waals surface area contributed by atoms with Gasteiger partial charge in [0, 0.05) is 5.56 Å². The fourth-order valence-electron chi connectivity index (χ4n) is 1.42. The molecule has 2 unspecified atom stereocenters. The Balaban J connectivity index is 0.000000845. The van der Waals surface area contributed by atoms with Gasteiger partial charge in [-0.3, -0.25) is 0 Å². The first kappa shape index (κ1) is 10.3. The average molecular weight is 204 g/mol. The van der Waals surface area contributed by atoms with Crippen molar-refractivity contribution in [2.75, 3.05) is 0 Å². The van der Waals surface area contributed by atoms with Crippen LogP contribution in [0, 0.1) is 5.82 Å². The van der Waals surface area contributed by atoms with Crippen LogP contribution in [-0.4, -0.2) is 6.10 Å². The van der Waals surface area contributed by atoms with Gasteiger partial charge in [-0.2, -0.15) is 0 Å². The molecule has 2 N–H and O–H groups in total. The lowest BCUT2D eigenvalue weighted by atomic mass is 10.1. The van der Waals surface area contributed by atoms with Crippen molar-refractivity contribution in [1.29, 1.82) is 0 Å². The van der Waals surface area contributed by atoms with Crippen LogP contribution in [0.25, 0.3) is 0 Å². The molecule has 0 saturated heterocycles. The number of para-hydroxylation sites is 1. The predicted molar refractivity (Wildman–Crippen MR) is 50.7 cm³/mol. The maximum absolute atomic E-state index is 13.1. The summed E-state index contributed by atoms with van der Waals surface area (Å²) in [4.78, 5) is 0. The van der Waals surface area contributed by atoms with E-state index in [0.717, 1.165) is 5.56 Å². The molecule has 0 amide bonds. The lowest BCUT2D eigenvalue weighted by molar-refractivity contribution is 0.220. The summed E-state index contributed by atoms with van der Waals surface area (Å²) in [5.74, 6) is -0.00944. The Bertz CT molecular complexity index is 318. The number of nitrogens with two attached hydrogens (primary N) is 1. The Labute approximate surface area is 82.3 Å². The predicted octanol–water partition coefficient (Wildman–Crippen LogP) is 2.03. The molecule has 0 radical (unpaired) electrons. The van der Waals surface area contributed by atoms with Gasteiger partial charge in [0.15, 0.2) is 11.6 Å². The normalized spacial score (nSPS) is 24.5. The quantitative estimate of drug-likeness (QED) is 0.700. The van der Waals surface area contributed by atoms with Crippen LogP contribution in [0.2, 0.25) is 0 Å². The van der Waals surface area contributed by atoms with Crippen molar-refractivity contribution in [3.8, 4) is 5.75 Å². The molecular weight excluding hydrogens is 193 g/mol. The molecule has 2 nitrogen and oxygen atoms in total. The third-order valence-corrected chi connectivity index (χ3v) is 2.17. The molecule has 72 valence electrons. The number of hydrogen-bond donors (Lipinski definition) is 1. The minimum atomic E-state index is -0.327. The third kappa shape index (κ3) is 1.49. The molecule has 0 saturated carbocycles. The number of benzene rings is 1. The van der Waals surface area contributed by atoms with Crippen molar-refractivity contribution in [2.45, 2.75) is 19.1 Å². The van der Waals surface area contributed by atoms with E-state index in [9.17, 15) is 4.39 Å². The van der Waals surface area contributed by atoms with Crippen molar-refractivity contribution in [3.05, 3.63) is 29.6 Å². The Kier molecular flexibility index (Phi) is 2.78. The molecule has 4 heteroatoms. The van der Waals surface area contributed by atoms with E-state index in [0.29, 0.717) is 5.75 Å². The van der Waals surface area contributed by atoms with Crippen LogP contribution in [0.3, 0.4) is 0 Å². The fraction of sp³-hybridized carbons (Fsp3) is 0.333.